The van der Waals surface area contributed by atoms with Crippen molar-refractivity contribution in [3.8, 4) is 5.75 Å². The van der Waals surface area contributed by atoms with Gasteiger partial charge < -0.3 is 14.8 Å². The summed E-state index contributed by atoms with van der Waals surface area (Å²) in [6.45, 7) is 3.44. The number of nitrogens with one attached hydrogen (secondary N) is 1. The molecule has 1 amide bonds. The molecular weight excluding hydrogens is 262 g/mol. The average molecular weight is 279 g/mol. The molecule has 1 rings (SSSR count). The van der Waals surface area contributed by atoms with E-state index in [9.17, 15) is 14.4 Å². The van der Waals surface area contributed by atoms with E-state index in [1.165, 1.54) is 6.92 Å². The molecule has 108 valence electrons. The van der Waals surface area contributed by atoms with E-state index in [0.29, 0.717) is 24.1 Å². The van der Waals surface area contributed by atoms with Gasteiger partial charge in [0.2, 0.25) is 0 Å². The van der Waals surface area contributed by atoms with Gasteiger partial charge in [-0.15, -0.1) is 0 Å². The molecule has 6 nitrogen and oxygen atoms in total. The van der Waals surface area contributed by atoms with Crippen LogP contribution >= 0.6 is 0 Å². The first kappa shape index (κ1) is 15.7. The van der Waals surface area contributed by atoms with Gasteiger partial charge in [0.25, 0.3) is 5.91 Å². The van der Waals surface area contributed by atoms with Gasteiger partial charge in [0.05, 0.1) is 0 Å². The second-order valence-corrected chi connectivity index (χ2v) is 4.00. The maximum absolute atomic E-state index is 11.5. The van der Waals surface area contributed by atoms with Crippen LogP contribution in [0.5, 0.6) is 5.75 Å². The van der Waals surface area contributed by atoms with Crippen molar-refractivity contribution >= 4 is 18.2 Å². The van der Waals surface area contributed by atoms with Gasteiger partial charge in [-0.2, -0.15) is 0 Å². The van der Waals surface area contributed by atoms with E-state index in [4.69, 9.17) is 9.47 Å². The summed E-state index contributed by atoms with van der Waals surface area (Å²) in [5.41, 5.74) is 0.518. The quantitative estimate of drug-likeness (QED) is 0.593. The van der Waals surface area contributed by atoms with Crippen LogP contribution in [0.15, 0.2) is 24.3 Å². The zero-order valence-electron chi connectivity index (χ0n) is 11.4. The van der Waals surface area contributed by atoms with Gasteiger partial charge in [-0.1, -0.05) is 0 Å². The van der Waals surface area contributed by atoms with Gasteiger partial charge in [0, 0.05) is 12.1 Å². The summed E-state index contributed by atoms with van der Waals surface area (Å²) in [7, 11) is 0. The molecule has 0 unspecified atom stereocenters. The zero-order chi connectivity index (χ0) is 15.0. The molecule has 20 heavy (non-hydrogen) atoms. The van der Waals surface area contributed by atoms with Gasteiger partial charge in [-0.3, -0.25) is 9.59 Å². The van der Waals surface area contributed by atoms with Gasteiger partial charge in [-0.25, -0.2) is 4.79 Å². The van der Waals surface area contributed by atoms with Crippen molar-refractivity contribution in [3.63, 3.8) is 0 Å². The number of carbonyl (C=O) groups excluding carboxylic acids is 3. The summed E-state index contributed by atoms with van der Waals surface area (Å²) in [5, 5.41) is 2.55. The highest BCUT2D eigenvalue weighted by Crippen LogP contribution is 2.11. The van der Waals surface area contributed by atoms with Crippen LogP contribution in [0.4, 0.5) is 0 Å². The normalized spacial score (nSPS) is 11.3. The predicted octanol–water partition coefficient (Wildman–Crippen LogP) is 0.946. The Morgan fingerprint density at radius 1 is 1.30 bits per heavy atom. The lowest BCUT2D eigenvalue weighted by Gasteiger charge is -2.13. The number of likely N-dealkylation sites (N-methyl/N-ethyl adjacent to an activating group) is 1. The van der Waals surface area contributed by atoms with Crippen molar-refractivity contribution < 1.29 is 23.9 Å². The molecule has 0 saturated heterocycles. The van der Waals surface area contributed by atoms with Crippen LogP contribution in [0.1, 0.15) is 24.2 Å². The van der Waals surface area contributed by atoms with Crippen LogP contribution in [0.3, 0.4) is 0 Å². The number of rotatable bonds is 7. The van der Waals surface area contributed by atoms with Gasteiger partial charge in [0.15, 0.2) is 12.7 Å². The second kappa shape index (κ2) is 7.93. The summed E-state index contributed by atoms with van der Waals surface area (Å²) in [6, 6.07) is 6.30. The second-order valence-electron chi connectivity index (χ2n) is 4.00. The van der Waals surface area contributed by atoms with Crippen molar-refractivity contribution in [1.29, 1.82) is 0 Å². The van der Waals surface area contributed by atoms with Crippen LogP contribution in [-0.2, 0) is 14.3 Å². The minimum Gasteiger partial charge on any atom is -0.482 e. The smallest absolute Gasteiger partial charge is 0.344 e. The monoisotopic (exact) mass is 279 g/mol. The van der Waals surface area contributed by atoms with E-state index in [1.54, 1.807) is 31.2 Å². The number of carbonyl (C=O) groups is 3. The van der Waals surface area contributed by atoms with Crippen LogP contribution in [0, 0.1) is 0 Å². The molecule has 0 radical (unpaired) electrons. The van der Waals surface area contributed by atoms with Gasteiger partial charge in [0.1, 0.15) is 12.0 Å². The topological polar surface area (TPSA) is 81.7 Å². The van der Waals surface area contributed by atoms with Crippen molar-refractivity contribution in [2.45, 2.75) is 20.0 Å². The molecule has 1 aromatic carbocycles. The molecule has 0 spiro atoms. The molecule has 0 aliphatic carbocycles. The first-order valence-corrected chi connectivity index (χ1v) is 6.22. The average Bonchev–Trinajstić information content (AvgIpc) is 2.45. The fraction of sp³-hybridized carbons (Fsp3) is 0.357. The number of hydrogen-bond donors (Lipinski definition) is 1. The predicted molar refractivity (Wildman–Crippen MR) is 71.6 cm³/mol. The van der Waals surface area contributed by atoms with Crippen LogP contribution in [-0.4, -0.2) is 37.4 Å². The Hall–Kier alpha value is -2.37. The Balaban J connectivity index is 2.38. The molecule has 0 fully saturated rings. The Labute approximate surface area is 117 Å². The molecule has 0 heterocycles. The molecular formula is C14H17NO5. The lowest BCUT2D eigenvalue weighted by atomic mass is 10.2. The minimum absolute atomic E-state index is 0.301. The number of benzene rings is 1. The fourth-order valence-corrected chi connectivity index (χ4v) is 1.39. The summed E-state index contributed by atoms with van der Waals surface area (Å²) < 4.78 is 10.1. The highest BCUT2D eigenvalue weighted by Gasteiger charge is 2.17. The summed E-state index contributed by atoms with van der Waals surface area (Å²) >= 11 is 0. The first-order valence-electron chi connectivity index (χ1n) is 6.22. The molecule has 6 heteroatoms. The SMILES string of the molecule is CCNC(=O)[C@@H](C)OC(=O)COc1ccc(C=O)cc1. The lowest BCUT2D eigenvalue weighted by molar-refractivity contribution is -0.156. The molecule has 1 atom stereocenters. The van der Waals surface area contributed by atoms with Gasteiger partial charge in [-0.05, 0) is 38.1 Å². The molecule has 0 bridgehead atoms. The third kappa shape index (κ3) is 5.09. The van der Waals surface area contributed by atoms with Crippen molar-refractivity contribution in [1.82, 2.24) is 5.32 Å². The van der Waals surface area contributed by atoms with Crippen molar-refractivity contribution in [3.05, 3.63) is 29.8 Å². The Morgan fingerprint density at radius 2 is 1.95 bits per heavy atom. The molecule has 0 aliphatic heterocycles. The number of aldehydes is 1. The molecule has 0 saturated carbocycles. The number of hydrogen-bond acceptors (Lipinski definition) is 5. The third-order valence-corrected chi connectivity index (χ3v) is 2.40. The highest BCUT2D eigenvalue weighted by molar-refractivity contribution is 5.83. The van der Waals surface area contributed by atoms with Gasteiger partial charge >= 0.3 is 5.97 Å². The van der Waals surface area contributed by atoms with E-state index < -0.39 is 12.1 Å². The highest BCUT2D eigenvalue weighted by atomic mass is 16.6. The number of ether oxygens (including phenoxy) is 2. The van der Waals surface area contributed by atoms with E-state index in [1.807, 2.05) is 0 Å². The van der Waals surface area contributed by atoms with E-state index >= 15 is 0 Å². The lowest BCUT2D eigenvalue weighted by Crippen LogP contribution is -2.36. The molecule has 0 aliphatic rings. The van der Waals surface area contributed by atoms with Crippen LogP contribution in [0.25, 0.3) is 0 Å². The van der Waals surface area contributed by atoms with E-state index in [0.717, 1.165) is 0 Å². The number of amides is 1. The van der Waals surface area contributed by atoms with Crippen LogP contribution < -0.4 is 10.1 Å². The Bertz CT molecular complexity index is 469. The first-order chi connectivity index (χ1) is 9.56. The zero-order valence-corrected chi connectivity index (χ0v) is 11.4. The maximum Gasteiger partial charge on any atom is 0.344 e. The van der Waals surface area contributed by atoms with E-state index in [-0.39, 0.29) is 12.5 Å². The Morgan fingerprint density at radius 3 is 2.50 bits per heavy atom. The van der Waals surface area contributed by atoms with Crippen molar-refractivity contribution in [2.24, 2.45) is 0 Å². The molecule has 0 aromatic heterocycles. The standard InChI is InChI=1S/C14H17NO5/c1-3-15-14(18)10(2)20-13(17)9-19-12-6-4-11(8-16)5-7-12/h4-8,10H,3,9H2,1-2H3,(H,15,18)/t10-/m1/s1. The third-order valence-electron chi connectivity index (χ3n) is 2.40. The molecule has 1 aromatic rings. The van der Waals surface area contributed by atoms with Crippen LogP contribution in [0.2, 0.25) is 0 Å². The van der Waals surface area contributed by atoms with Crippen molar-refractivity contribution in [2.75, 3.05) is 13.2 Å². The molecule has 1 N–H and O–H groups in total. The Kier molecular flexibility index (Phi) is 6.22. The summed E-state index contributed by atoms with van der Waals surface area (Å²) in [5.74, 6) is -0.544. The fourth-order valence-electron chi connectivity index (χ4n) is 1.39. The summed E-state index contributed by atoms with van der Waals surface area (Å²) in [6.07, 6.45) is -0.144. The maximum atomic E-state index is 11.5. The largest absolute Gasteiger partial charge is 0.482 e. The minimum atomic E-state index is -0.858. The van der Waals surface area contributed by atoms with E-state index in [2.05, 4.69) is 5.32 Å². The number of esters is 1. The summed E-state index contributed by atoms with van der Waals surface area (Å²) in [4.78, 5) is 33.3.